The summed E-state index contributed by atoms with van der Waals surface area (Å²) in [6.07, 6.45) is 0.372. The zero-order valence-corrected chi connectivity index (χ0v) is 22.9. The van der Waals surface area contributed by atoms with Gasteiger partial charge in [-0.1, -0.05) is 57.0 Å². The molecule has 212 valence electrons. The van der Waals surface area contributed by atoms with Gasteiger partial charge in [0.15, 0.2) is 6.29 Å². The minimum atomic E-state index is -4.51. The van der Waals surface area contributed by atoms with E-state index in [1.54, 1.807) is 0 Å². The van der Waals surface area contributed by atoms with Crippen molar-refractivity contribution in [2.45, 2.75) is 65.0 Å². The van der Waals surface area contributed by atoms with E-state index in [-0.39, 0.29) is 48.4 Å². The molecule has 0 amide bonds. The van der Waals surface area contributed by atoms with Crippen LogP contribution < -0.4 is 0 Å². The number of hydrogen-bond donors (Lipinski definition) is 1. The summed E-state index contributed by atoms with van der Waals surface area (Å²) in [4.78, 5) is 27.7. The first-order chi connectivity index (χ1) is 17.7. The summed E-state index contributed by atoms with van der Waals surface area (Å²) >= 11 is 5.87. The van der Waals surface area contributed by atoms with Gasteiger partial charge in [-0.3, -0.25) is 9.69 Å². The van der Waals surface area contributed by atoms with Crippen LogP contribution in [0.1, 0.15) is 46.5 Å². The maximum atomic E-state index is 13.6. The number of fused-ring (bicyclic) bond motifs is 2. The highest BCUT2D eigenvalue weighted by molar-refractivity contribution is 6.29. The van der Waals surface area contributed by atoms with Gasteiger partial charge < -0.3 is 19.4 Å². The number of morpholine rings is 1. The van der Waals surface area contributed by atoms with Gasteiger partial charge in [-0.2, -0.15) is 13.2 Å². The summed E-state index contributed by atoms with van der Waals surface area (Å²) in [5, 5.41) is 11.1. The Morgan fingerprint density at radius 3 is 2.66 bits per heavy atom. The van der Waals surface area contributed by atoms with Crippen molar-refractivity contribution >= 4 is 23.9 Å². The molecule has 10 heteroatoms. The lowest BCUT2D eigenvalue weighted by Crippen LogP contribution is -2.64. The van der Waals surface area contributed by atoms with Crippen LogP contribution in [0, 0.1) is 45.8 Å². The fourth-order valence-electron chi connectivity index (χ4n) is 9.35. The van der Waals surface area contributed by atoms with Crippen molar-refractivity contribution in [3.05, 3.63) is 23.3 Å². The lowest BCUT2D eigenvalue weighted by Gasteiger charge is -2.58. The Kier molecular flexibility index (Phi) is 6.89. The molecule has 38 heavy (non-hydrogen) atoms. The Hall–Kier alpha value is -1.42. The molecule has 9 atom stereocenters. The number of aldehydes is 1. The predicted molar refractivity (Wildman–Crippen MR) is 134 cm³/mol. The molecule has 4 aliphatic carbocycles. The third-order valence-electron chi connectivity index (χ3n) is 10.7. The van der Waals surface area contributed by atoms with Crippen molar-refractivity contribution in [2.24, 2.45) is 45.8 Å². The zero-order valence-electron chi connectivity index (χ0n) is 22.1. The molecule has 0 radical (unpaired) electrons. The highest BCUT2D eigenvalue weighted by Gasteiger charge is 2.84. The quantitative estimate of drug-likeness (QED) is 0.323. The fourth-order valence-corrected chi connectivity index (χ4v) is 9.50. The van der Waals surface area contributed by atoms with E-state index in [1.807, 2.05) is 13.8 Å². The monoisotopic (exact) mass is 559 g/mol. The SMILES string of the molecule is C=C(Cl)CN1C[C@H](OC[C@@]23C[C@@H]4[C@H](C)CC[C@H]4[C@@]4(C=O)C[C@@H]2C=C(C(C)C)[C@@]34C(=O)O)OC[C@H]1C(F)(F)F. The smallest absolute Gasteiger partial charge is 0.406 e. The van der Waals surface area contributed by atoms with E-state index in [4.69, 9.17) is 21.1 Å². The van der Waals surface area contributed by atoms with Crippen LogP contribution in [0.4, 0.5) is 13.2 Å². The molecule has 0 unspecified atom stereocenters. The van der Waals surface area contributed by atoms with Gasteiger partial charge in [-0.25, -0.2) is 0 Å². The molecule has 1 saturated heterocycles. The number of aliphatic carboxylic acids is 1. The molecule has 3 saturated carbocycles. The Bertz CT molecular complexity index is 1050. The third kappa shape index (κ3) is 3.63. The maximum Gasteiger partial charge on any atom is 0.406 e. The molecule has 1 heterocycles. The molecule has 5 aliphatic rings. The van der Waals surface area contributed by atoms with Gasteiger partial charge in [0.1, 0.15) is 17.7 Å². The molecule has 5 rings (SSSR count). The minimum absolute atomic E-state index is 0.000765. The average molecular weight is 560 g/mol. The summed E-state index contributed by atoms with van der Waals surface area (Å²) < 4.78 is 52.7. The van der Waals surface area contributed by atoms with Gasteiger partial charge in [-0.05, 0) is 48.9 Å². The average Bonchev–Trinajstić information content (AvgIpc) is 3.39. The molecule has 0 aromatic carbocycles. The molecule has 4 fully saturated rings. The van der Waals surface area contributed by atoms with Crippen LogP contribution in [0.5, 0.6) is 0 Å². The van der Waals surface area contributed by atoms with Crippen molar-refractivity contribution < 1.29 is 37.3 Å². The van der Waals surface area contributed by atoms with Gasteiger partial charge in [0, 0.05) is 17.0 Å². The first kappa shape index (κ1) is 28.1. The maximum absolute atomic E-state index is 13.6. The van der Waals surface area contributed by atoms with Crippen LogP contribution in [0.3, 0.4) is 0 Å². The minimum Gasteiger partial charge on any atom is -0.481 e. The highest BCUT2D eigenvalue weighted by Crippen LogP contribution is 2.82. The molecule has 1 N–H and O–H groups in total. The summed E-state index contributed by atoms with van der Waals surface area (Å²) in [6, 6.07) is -1.84. The standard InChI is InChI=1S/C28H37ClF3NO5/c1-15(2)21-7-18-8-25(13-34)20-6-5-16(3)19(20)9-26(18,27(21,25)24(35)36)14-38-23-11-33(10-17(4)29)22(12-37-23)28(30,31)32/h7,13,15-16,18-20,22-23H,4-6,8-12,14H2,1-3H3,(H,35,36)/t16-,18+,19-,20-,22+,23+,25+,26+,27+/m1/s1. The number of halogens is 4. The normalized spacial score (nSPS) is 44.3. The Labute approximate surface area is 226 Å². The molecule has 1 aliphatic heterocycles. The van der Waals surface area contributed by atoms with E-state index in [2.05, 4.69) is 19.6 Å². The molecule has 4 bridgehead atoms. The fraction of sp³-hybridized carbons (Fsp3) is 0.786. The van der Waals surface area contributed by atoms with Crippen molar-refractivity contribution in [2.75, 3.05) is 26.3 Å². The number of allylic oxidation sites excluding steroid dienone is 1. The number of carbonyl (C=O) groups is 2. The lowest BCUT2D eigenvalue weighted by atomic mass is 9.43. The number of ether oxygens (including phenoxy) is 2. The second-order valence-electron chi connectivity index (χ2n) is 12.6. The summed E-state index contributed by atoms with van der Waals surface area (Å²) in [7, 11) is 0. The van der Waals surface area contributed by atoms with Crippen molar-refractivity contribution in [3.8, 4) is 0 Å². The van der Waals surface area contributed by atoms with Crippen LogP contribution in [-0.4, -0.2) is 67.1 Å². The Balaban J connectivity index is 1.50. The van der Waals surface area contributed by atoms with Crippen LogP contribution in [0.15, 0.2) is 23.3 Å². The van der Waals surface area contributed by atoms with E-state index in [0.29, 0.717) is 18.8 Å². The molecule has 0 aromatic rings. The zero-order chi connectivity index (χ0) is 27.8. The largest absolute Gasteiger partial charge is 0.481 e. The Morgan fingerprint density at radius 2 is 2.08 bits per heavy atom. The van der Waals surface area contributed by atoms with Gasteiger partial charge >= 0.3 is 12.1 Å². The van der Waals surface area contributed by atoms with Crippen molar-refractivity contribution in [3.63, 3.8) is 0 Å². The second kappa shape index (κ2) is 9.32. The van der Waals surface area contributed by atoms with Crippen LogP contribution in [0.2, 0.25) is 0 Å². The topological polar surface area (TPSA) is 76.1 Å². The number of carboxylic acid groups (broad SMARTS) is 1. The molecule has 0 aromatic heterocycles. The third-order valence-corrected chi connectivity index (χ3v) is 10.8. The van der Waals surface area contributed by atoms with E-state index in [0.717, 1.165) is 29.6 Å². The van der Waals surface area contributed by atoms with Crippen LogP contribution in [-0.2, 0) is 19.1 Å². The highest BCUT2D eigenvalue weighted by atomic mass is 35.5. The van der Waals surface area contributed by atoms with Crippen LogP contribution >= 0.6 is 11.6 Å². The van der Waals surface area contributed by atoms with Gasteiger partial charge in [0.05, 0.1) is 25.2 Å². The number of rotatable bonds is 8. The van der Waals surface area contributed by atoms with E-state index >= 15 is 0 Å². The number of hydrogen-bond acceptors (Lipinski definition) is 5. The molecule has 6 nitrogen and oxygen atoms in total. The van der Waals surface area contributed by atoms with Gasteiger partial charge in [0.25, 0.3) is 0 Å². The van der Waals surface area contributed by atoms with Crippen molar-refractivity contribution in [1.82, 2.24) is 4.90 Å². The Morgan fingerprint density at radius 1 is 1.37 bits per heavy atom. The second-order valence-corrected chi connectivity index (χ2v) is 13.1. The molecule has 0 spiro atoms. The first-order valence-corrected chi connectivity index (χ1v) is 13.9. The predicted octanol–water partition coefficient (Wildman–Crippen LogP) is 5.27. The number of nitrogens with zero attached hydrogens (tertiary/aromatic N) is 1. The van der Waals surface area contributed by atoms with E-state index in [1.165, 1.54) is 0 Å². The lowest BCUT2D eigenvalue weighted by molar-refractivity contribution is -0.269. The summed E-state index contributed by atoms with van der Waals surface area (Å²) in [5.41, 5.74) is -2.51. The van der Waals surface area contributed by atoms with Crippen molar-refractivity contribution in [1.29, 1.82) is 0 Å². The molecular weight excluding hydrogens is 523 g/mol. The van der Waals surface area contributed by atoms with E-state index < -0.39 is 47.3 Å². The van der Waals surface area contributed by atoms with E-state index in [9.17, 15) is 27.9 Å². The van der Waals surface area contributed by atoms with Crippen LogP contribution in [0.25, 0.3) is 0 Å². The number of carbonyl (C=O) groups excluding carboxylic acids is 1. The molecular formula is C28H37ClF3NO5. The summed E-state index contributed by atoms with van der Waals surface area (Å²) in [5.74, 6) is -0.686. The summed E-state index contributed by atoms with van der Waals surface area (Å²) in [6.45, 7) is 8.68. The first-order valence-electron chi connectivity index (χ1n) is 13.5. The number of carboxylic acids is 1. The number of alkyl halides is 3. The van der Waals surface area contributed by atoms with Gasteiger partial charge in [-0.15, -0.1) is 0 Å². The van der Waals surface area contributed by atoms with Gasteiger partial charge in [0.2, 0.25) is 0 Å².